The van der Waals surface area contributed by atoms with Crippen LogP contribution >= 0.6 is 0 Å². The molecule has 2 aromatic heterocycles. The fraction of sp³-hybridized carbons (Fsp3) is 0.333. The molecule has 208 valence electrons. The van der Waals surface area contributed by atoms with Crippen molar-refractivity contribution >= 4 is 28.2 Å². The Morgan fingerprint density at radius 1 is 1.07 bits per heavy atom. The molecule has 5 heterocycles. The first kappa shape index (κ1) is 25.2. The van der Waals surface area contributed by atoms with Crippen LogP contribution in [0.15, 0.2) is 76.6 Å². The minimum Gasteiger partial charge on any atom is -0.366 e. The van der Waals surface area contributed by atoms with Crippen molar-refractivity contribution in [3.8, 4) is 0 Å². The number of pyridine rings is 1. The number of carbonyl (C=O) groups excluding carboxylic acids is 1. The van der Waals surface area contributed by atoms with E-state index in [1.807, 2.05) is 16.7 Å². The van der Waals surface area contributed by atoms with Crippen molar-refractivity contribution in [3.63, 3.8) is 0 Å². The van der Waals surface area contributed by atoms with Crippen LogP contribution in [0.2, 0.25) is 0 Å². The quantitative estimate of drug-likeness (QED) is 0.297. The van der Waals surface area contributed by atoms with Gasteiger partial charge >= 0.3 is 0 Å². The molecule has 4 atom stereocenters. The number of hydrogen-bond donors (Lipinski definition) is 1. The largest absolute Gasteiger partial charge is 0.366 e. The van der Waals surface area contributed by atoms with Crippen molar-refractivity contribution in [1.82, 2.24) is 19.4 Å². The minimum absolute atomic E-state index is 0.00126. The van der Waals surface area contributed by atoms with Gasteiger partial charge in [-0.25, -0.2) is 4.98 Å². The topological polar surface area (TPSA) is 132 Å². The molecule has 3 aliphatic rings. The molecule has 7 rings (SSSR count). The van der Waals surface area contributed by atoms with Gasteiger partial charge in [-0.3, -0.25) is 29.1 Å². The van der Waals surface area contributed by atoms with Crippen molar-refractivity contribution in [2.45, 2.75) is 37.9 Å². The summed E-state index contributed by atoms with van der Waals surface area (Å²) in [6, 6.07) is 17.2. The van der Waals surface area contributed by atoms with Gasteiger partial charge in [0.2, 0.25) is 5.91 Å². The molecule has 4 unspecified atom stereocenters. The molecule has 0 spiro atoms. The van der Waals surface area contributed by atoms with Crippen molar-refractivity contribution in [2.24, 2.45) is 11.8 Å². The number of rotatable bonds is 5. The molecule has 11 heteroatoms. The maximum atomic E-state index is 13.8. The zero-order valence-corrected chi connectivity index (χ0v) is 22.2. The minimum atomic E-state index is -0.470. The number of amides is 1. The molecule has 1 amide bonds. The molecule has 2 aromatic carbocycles. The summed E-state index contributed by atoms with van der Waals surface area (Å²) in [5.41, 5.74) is 3.11. The molecular weight excluding hydrogens is 524 g/mol. The summed E-state index contributed by atoms with van der Waals surface area (Å²) in [7, 11) is 0. The van der Waals surface area contributed by atoms with Crippen molar-refractivity contribution in [1.29, 1.82) is 0 Å². The van der Waals surface area contributed by atoms with E-state index in [0.717, 1.165) is 23.4 Å². The summed E-state index contributed by atoms with van der Waals surface area (Å²) in [6.07, 6.45) is 2.72. The van der Waals surface area contributed by atoms with E-state index in [1.165, 1.54) is 17.0 Å². The highest BCUT2D eigenvalue weighted by molar-refractivity contribution is 5.82. The fourth-order valence-corrected chi connectivity index (χ4v) is 7.15. The summed E-state index contributed by atoms with van der Waals surface area (Å²) >= 11 is 0. The average molecular weight is 553 g/mol. The lowest BCUT2D eigenvalue weighted by Crippen LogP contribution is -2.61. The second kappa shape index (κ2) is 9.69. The summed E-state index contributed by atoms with van der Waals surface area (Å²) in [6.45, 7) is 1.65. The van der Waals surface area contributed by atoms with E-state index in [-0.39, 0.29) is 53.7 Å². The Balaban J connectivity index is 1.18. The summed E-state index contributed by atoms with van der Waals surface area (Å²) < 4.78 is 3.33. The van der Waals surface area contributed by atoms with Gasteiger partial charge in [-0.05, 0) is 48.6 Å². The van der Waals surface area contributed by atoms with Gasteiger partial charge in [0.1, 0.15) is 0 Å². The first-order valence-corrected chi connectivity index (χ1v) is 13.8. The summed E-state index contributed by atoms with van der Waals surface area (Å²) in [5, 5.41) is 15.1. The molecule has 0 saturated carbocycles. The van der Waals surface area contributed by atoms with E-state index in [0.29, 0.717) is 30.4 Å². The normalized spacial score (nSPS) is 22.4. The third-order valence-electron chi connectivity index (χ3n) is 8.92. The van der Waals surface area contributed by atoms with E-state index in [1.54, 1.807) is 42.5 Å². The number of piperidine rings is 1. The number of carbonyl (C=O) groups is 1. The molecule has 4 aromatic rings. The van der Waals surface area contributed by atoms with Crippen LogP contribution in [-0.4, -0.2) is 44.1 Å². The summed E-state index contributed by atoms with van der Waals surface area (Å²) in [4.78, 5) is 57.1. The maximum Gasteiger partial charge on any atom is 0.269 e. The Morgan fingerprint density at radius 2 is 1.93 bits per heavy atom. The second-order valence-electron chi connectivity index (χ2n) is 11.2. The van der Waals surface area contributed by atoms with Crippen molar-refractivity contribution in [3.05, 3.63) is 109 Å². The van der Waals surface area contributed by atoms with Crippen LogP contribution in [0.3, 0.4) is 0 Å². The van der Waals surface area contributed by atoms with E-state index in [9.17, 15) is 24.5 Å². The number of para-hydroxylation sites is 1. The van der Waals surface area contributed by atoms with Gasteiger partial charge in [-0.2, -0.15) is 0 Å². The molecule has 0 radical (unpaired) electrons. The lowest BCUT2D eigenvalue weighted by Gasteiger charge is -2.54. The van der Waals surface area contributed by atoms with Crippen LogP contribution in [0, 0.1) is 22.0 Å². The Labute approximate surface area is 234 Å². The zero-order chi connectivity index (χ0) is 28.2. The summed E-state index contributed by atoms with van der Waals surface area (Å²) in [5.74, 6) is -0.449. The van der Waals surface area contributed by atoms with E-state index >= 15 is 0 Å². The van der Waals surface area contributed by atoms with Gasteiger partial charge in [0.05, 0.1) is 28.1 Å². The highest BCUT2D eigenvalue weighted by atomic mass is 16.6. The molecule has 0 aliphatic carbocycles. The standard InChI is InChI=1S/C30H28N6O5/c37-27-7-3-6-25-19-12-20(16-34(25)27)28-23(14-18-13-21(36(40)41)8-9-26(18)35(28)15-19)29(38)31-10-11-33-17-32-24-5-2-1-4-22(24)30(33)39/h1-9,13,17,19-20,23,28H,10-12,14-16H2,(H,31,38). The molecule has 3 aliphatic heterocycles. The second-order valence-corrected chi connectivity index (χ2v) is 11.2. The Hall–Kier alpha value is -4.80. The number of nitro benzene ring substituents is 1. The van der Waals surface area contributed by atoms with Gasteiger partial charge in [0, 0.05) is 67.7 Å². The zero-order valence-electron chi connectivity index (χ0n) is 22.2. The smallest absolute Gasteiger partial charge is 0.269 e. The predicted octanol–water partition coefficient (Wildman–Crippen LogP) is 2.45. The molecule has 41 heavy (non-hydrogen) atoms. The first-order chi connectivity index (χ1) is 19.9. The average Bonchev–Trinajstić information content (AvgIpc) is 2.98. The van der Waals surface area contributed by atoms with Crippen LogP contribution in [0.25, 0.3) is 10.9 Å². The number of benzene rings is 2. The number of non-ortho nitro benzene ring substituents is 1. The molecule has 11 nitrogen and oxygen atoms in total. The predicted molar refractivity (Wildman–Crippen MR) is 152 cm³/mol. The van der Waals surface area contributed by atoms with Gasteiger partial charge < -0.3 is 14.8 Å². The Morgan fingerprint density at radius 3 is 2.78 bits per heavy atom. The van der Waals surface area contributed by atoms with Crippen LogP contribution in [0.1, 0.15) is 23.6 Å². The molecule has 1 fully saturated rings. The molecule has 1 N–H and O–H groups in total. The fourth-order valence-electron chi connectivity index (χ4n) is 7.15. The SMILES string of the molecule is O=C(NCCn1cnc2ccccc2c1=O)C1Cc2cc([N+](=O)[O-])ccc2N2CC3CC(Cn4c3cccc4=O)C12. The highest BCUT2D eigenvalue weighted by Crippen LogP contribution is 2.47. The highest BCUT2D eigenvalue weighted by Gasteiger charge is 2.49. The van der Waals surface area contributed by atoms with Gasteiger partial charge in [-0.15, -0.1) is 0 Å². The molecule has 1 saturated heterocycles. The van der Waals surface area contributed by atoms with Crippen molar-refractivity contribution < 1.29 is 9.72 Å². The number of nitrogens with one attached hydrogen (secondary N) is 1. The molecular formula is C30H28N6O5. The van der Waals surface area contributed by atoms with Crippen LogP contribution in [-0.2, 0) is 24.3 Å². The third kappa shape index (κ3) is 4.19. The Kier molecular flexibility index (Phi) is 5.95. The number of anilines is 1. The van der Waals surface area contributed by atoms with Crippen LogP contribution < -0.4 is 21.3 Å². The number of hydrogen-bond acceptors (Lipinski definition) is 7. The number of nitrogens with zero attached hydrogens (tertiary/aromatic N) is 5. The third-order valence-corrected chi connectivity index (χ3v) is 8.92. The van der Waals surface area contributed by atoms with Crippen LogP contribution in [0.5, 0.6) is 0 Å². The lowest BCUT2D eigenvalue weighted by atomic mass is 9.70. The monoisotopic (exact) mass is 552 g/mol. The van der Waals surface area contributed by atoms with Crippen molar-refractivity contribution in [2.75, 3.05) is 18.0 Å². The molecule has 2 bridgehead atoms. The maximum absolute atomic E-state index is 13.8. The Bertz CT molecular complexity index is 1830. The van der Waals surface area contributed by atoms with Gasteiger partial charge in [-0.1, -0.05) is 18.2 Å². The number of nitro groups is 1. The van der Waals surface area contributed by atoms with E-state index in [4.69, 9.17) is 0 Å². The van der Waals surface area contributed by atoms with E-state index in [2.05, 4.69) is 15.2 Å². The van der Waals surface area contributed by atoms with Gasteiger partial charge in [0.25, 0.3) is 16.8 Å². The number of fused-ring (bicyclic) bond motifs is 9. The van der Waals surface area contributed by atoms with Crippen LogP contribution in [0.4, 0.5) is 11.4 Å². The van der Waals surface area contributed by atoms with E-state index < -0.39 is 10.8 Å². The van der Waals surface area contributed by atoms with Gasteiger partial charge in [0.15, 0.2) is 0 Å². The lowest BCUT2D eigenvalue weighted by molar-refractivity contribution is -0.384. The first-order valence-electron chi connectivity index (χ1n) is 13.8. The number of aromatic nitrogens is 3.